The van der Waals surface area contributed by atoms with Gasteiger partial charge in [-0.2, -0.15) is 18.3 Å². The lowest BCUT2D eigenvalue weighted by Crippen LogP contribution is -2.15. The molecule has 0 unspecified atom stereocenters. The summed E-state index contributed by atoms with van der Waals surface area (Å²) in [5.74, 6) is 4.60. The predicted molar refractivity (Wildman–Crippen MR) is 107 cm³/mol. The zero-order chi connectivity index (χ0) is 23.0. The summed E-state index contributed by atoms with van der Waals surface area (Å²) in [6.45, 7) is 0.620. The van der Waals surface area contributed by atoms with Crippen LogP contribution in [0.3, 0.4) is 0 Å². The second-order valence-corrected chi connectivity index (χ2v) is 6.32. The first kappa shape index (κ1) is 22.4. The monoisotopic (exact) mass is 446 g/mol. The highest BCUT2D eigenvalue weighted by Gasteiger charge is 2.33. The Balaban J connectivity index is 1.82. The third-order valence-corrected chi connectivity index (χ3v) is 4.01. The minimum Gasteiger partial charge on any atom is -0.491 e. The van der Waals surface area contributed by atoms with E-state index in [2.05, 4.69) is 42.6 Å². The van der Waals surface area contributed by atoms with Crippen LogP contribution in [0.1, 0.15) is 17.7 Å². The highest BCUT2D eigenvalue weighted by atomic mass is 19.4. The molecule has 9 nitrogen and oxygen atoms in total. The maximum Gasteiger partial charge on any atom is 0.432 e. The lowest BCUT2D eigenvalue weighted by atomic mass is 10.1. The van der Waals surface area contributed by atoms with Crippen LogP contribution < -0.4 is 15.4 Å². The van der Waals surface area contributed by atoms with Gasteiger partial charge < -0.3 is 20.4 Å². The van der Waals surface area contributed by atoms with Crippen molar-refractivity contribution in [1.29, 1.82) is 0 Å². The van der Waals surface area contributed by atoms with Gasteiger partial charge in [-0.3, -0.25) is 14.7 Å². The van der Waals surface area contributed by atoms with Gasteiger partial charge in [0.15, 0.2) is 0 Å². The summed E-state index contributed by atoms with van der Waals surface area (Å²) in [6.07, 6.45) is 0.146. The smallest absolute Gasteiger partial charge is 0.432 e. The standard InChI is InChI=1S/C20H17F3N6O3/c21-20(22,23)17-11-25-19(29-17)14-3-4-16(32-7-1-6-24-12-30)15(8-14)28-18(31)5-2-13-9-26-27-10-13/h3-4,8-12H,1,6-7H2,(H,24,30)(H,25,29)(H,26,27)(H,28,31). The van der Waals surface area contributed by atoms with E-state index in [4.69, 9.17) is 4.74 Å². The Morgan fingerprint density at radius 2 is 2.12 bits per heavy atom. The predicted octanol–water partition coefficient (Wildman–Crippen LogP) is 2.32. The minimum absolute atomic E-state index is 0.0287. The molecule has 0 aliphatic rings. The van der Waals surface area contributed by atoms with Gasteiger partial charge in [0.2, 0.25) is 6.41 Å². The van der Waals surface area contributed by atoms with E-state index in [0.29, 0.717) is 36.7 Å². The highest BCUT2D eigenvalue weighted by molar-refractivity contribution is 6.05. The average Bonchev–Trinajstić information content (AvgIpc) is 3.45. The number of nitrogens with zero attached hydrogens (tertiary/aromatic N) is 2. The summed E-state index contributed by atoms with van der Waals surface area (Å²) in [6, 6.07) is 4.43. The Kier molecular flexibility index (Phi) is 7.12. The molecule has 0 spiro atoms. The number of halogens is 3. The molecule has 12 heteroatoms. The number of aromatic nitrogens is 4. The molecule has 0 saturated heterocycles. The molecule has 1 aromatic carbocycles. The van der Waals surface area contributed by atoms with Crippen molar-refractivity contribution in [2.75, 3.05) is 18.5 Å². The van der Waals surface area contributed by atoms with E-state index in [1.165, 1.54) is 30.6 Å². The normalized spacial score (nSPS) is 10.7. The first-order chi connectivity index (χ1) is 15.4. The van der Waals surface area contributed by atoms with Crippen molar-refractivity contribution in [2.45, 2.75) is 12.6 Å². The number of ether oxygens (including phenoxy) is 1. The van der Waals surface area contributed by atoms with E-state index in [1.54, 1.807) is 0 Å². The van der Waals surface area contributed by atoms with Crippen LogP contribution in [0.25, 0.3) is 11.4 Å². The molecular weight excluding hydrogens is 429 g/mol. The fraction of sp³-hybridized carbons (Fsp3) is 0.200. The van der Waals surface area contributed by atoms with E-state index in [9.17, 15) is 22.8 Å². The topological polar surface area (TPSA) is 125 Å². The Morgan fingerprint density at radius 1 is 1.28 bits per heavy atom. The summed E-state index contributed by atoms with van der Waals surface area (Å²) >= 11 is 0. The first-order valence-electron chi connectivity index (χ1n) is 9.25. The summed E-state index contributed by atoms with van der Waals surface area (Å²) in [7, 11) is 0. The van der Waals surface area contributed by atoms with Gasteiger partial charge in [-0.15, -0.1) is 0 Å². The second kappa shape index (κ2) is 10.2. The third kappa shape index (κ3) is 6.11. The van der Waals surface area contributed by atoms with Gasteiger partial charge in [0, 0.05) is 24.2 Å². The van der Waals surface area contributed by atoms with Crippen molar-refractivity contribution in [3.8, 4) is 29.0 Å². The van der Waals surface area contributed by atoms with Crippen LogP contribution in [-0.2, 0) is 15.8 Å². The summed E-state index contributed by atoms with van der Waals surface area (Å²) in [5, 5.41) is 11.4. The second-order valence-electron chi connectivity index (χ2n) is 6.32. The lowest BCUT2D eigenvalue weighted by molar-refractivity contribution is -0.140. The van der Waals surface area contributed by atoms with Crippen LogP contribution in [0.4, 0.5) is 18.9 Å². The molecule has 2 aromatic heterocycles. The first-order valence-corrected chi connectivity index (χ1v) is 9.25. The van der Waals surface area contributed by atoms with Gasteiger partial charge in [-0.05, 0) is 24.6 Å². The molecule has 0 fully saturated rings. The molecule has 3 rings (SSSR count). The van der Waals surface area contributed by atoms with Crippen LogP contribution in [0, 0.1) is 11.8 Å². The molecule has 32 heavy (non-hydrogen) atoms. The summed E-state index contributed by atoms with van der Waals surface area (Å²) in [5.41, 5.74) is 0.00579. The van der Waals surface area contributed by atoms with Gasteiger partial charge in [-0.1, -0.05) is 5.92 Å². The number of alkyl halides is 3. The number of rotatable bonds is 8. The van der Waals surface area contributed by atoms with Gasteiger partial charge in [0.25, 0.3) is 0 Å². The van der Waals surface area contributed by atoms with Crippen molar-refractivity contribution >= 4 is 18.0 Å². The number of aromatic amines is 2. The van der Waals surface area contributed by atoms with E-state index in [0.717, 1.165) is 0 Å². The zero-order valence-corrected chi connectivity index (χ0v) is 16.4. The average molecular weight is 446 g/mol. The quantitative estimate of drug-likeness (QED) is 0.240. The molecule has 3 aromatic rings. The summed E-state index contributed by atoms with van der Waals surface area (Å²) < 4.78 is 44.2. The van der Waals surface area contributed by atoms with Crippen LogP contribution in [-0.4, -0.2) is 45.6 Å². The van der Waals surface area contributed by atoms with E-state index in [-0.39, 0.29) is 23.9 Å². The molecule has 0 atom stereocenters. The highest BCUT2D eigenvalue weighted by Crippen LogP contribution is 2.32. The number of benzene rings is 1. The van der Waals surface area contributed by atoms with E-state index in [1.807, 2.05) is 0 Å². The molecule has 2 heterocycles. The van der Waals surface area contributed by atoms with Crippen LogP contribution >= 0.6 is 0 Å². The van der Waals surface area contributed by atoms with E-state index >= 15 is 0 Å². The van der Waals surface area contributed by atoms with E-state index < -0.39 is 17.8 Å². The summed E-state index contributed by atoms with van der Waals surface area (Å²) in [4.78, 5) is 28.5. The van der Waals surface area contributed by atoms with Gasteiger partial charge >= 0.3 is 12.1 Å². The number of nitrogens with one attached hydrogen (secondary N) is 4. The molecule has 0 saturated carbocycles. The maximum absolute atomic E-state index is 12.9. The largest absolute Gasteiger partial charge is 0.491 e. The van der Waals surface area contributed by atoms with Gasteiger partial charge in [-0.25, -0.2) is 4.98 Å². The number of anilines is 1. The molecule has 0 aliphatic heterocycles. The van der Waals surface area contributed by atoms with Crippen molar-refractivity contribution < 1.29 is 27.5 Å². The Morgan fingerprint density at radius 3 is 2.81 bits per heavy atom. The van der Waals surface area contributed by atoms with Crippen LogP contribution in [0.5, 0.6) is 5.75 Å². The number of amides is 2. The maximum atomic E-state index is 12.9. The number of H-pyrrole nitrogens is 2. The lowest BCUT2D eigenvalue weighted by Gasteiger charge is -2.13. The van der Waals surface area contributed by atoms with Crippen molar-refractivity contribution in [3.63, 3.8) is 0 Å². The molecule has 0 radical (unpaired) electrons. The Hall–Kier alpha value is -4.27. The molecule has 0 bridgehead atoms. The third-order valence-electron chi connectivity index (χ3n) is 4.01. The fourth-order valence-electron chi connectivity index (χ4n) is 2.53. The van der Waals surface area contributed by atoms with Crippen molar-refractivity contribution in [1.82, 2.24) is 25.5 Å². The molecule has 166 valence electrons. The number of hydrogen-bond donors (Lipinski definition) is 4. The number of carbonyl (C=O) groups is 2. The molecule has 4 N–H and O–H groups in total. The number of imidazole rings is 1. The van der Waals surface area contributed by atoms with Crippen LogP contribution in [0.2, 0.25) is 0 Å². The molecule has 2 amide bonds. The zero-order valence-electron chi connectivity index (χ0n) is 16.4. The number of carbonyl (C=O) groups excluding carboxylic acids is 2. The van der Waals surface area contributed by atoms with Crippen molar-refractivity contribution in [2.24, 2.45) is 0 Å². The molecule has 0 aliphatic carbocycles. The van der Waals surface area contributed by atoms with Gasteiger partial charge in [0.05, 0.1) is 30.3 Å². The SMILES string of the molecule is O=CNCCCOc1ccc(-c2ncc(C(F)(F)F)[nH]2)cc1NC(=O)C#Cc1cn[nH]c1. The van der Waals surface area contributed by atoms with Crippen LogP contribution in [0.15, 0.2) is 36.8 Å². The number of hydrogen-bond acceptors (Lipinski definition) is 5. The van der Waals surface area contributed by atoms with Crippen molar-refractivity contribution in [3.05, 3.63) is 48.0 Å². The van der Waals surface area contributed by atoms with Gasteiger partial charge in [0.1, 0.15) is 17.3 Å². The Bertz CT molecular complexity index is 1130. The Labute approximate surface area is 179 Å². The minimum atomic E-state index is -4.57. The molecular formula is C20H17F3N6O3. The fourth-order valence-corrected chi connectivity index (χ4v) is 2.53.